The Morgan fingerprint density at radius 3 is 2.03 bits per heavy atom. The van der Waals surface area contributed by atoms with Gasteiger partial charge in [0, 0.05) is 5.56 Å². The average Bonchev–Trinajstić information content (AvgIpc) is 2.72. The number of nitrogens with one attached hydrogen (secondary N) is 1. The van der Waals surface area contributed by atoms with Crippen molar-refractivity contribution >= 4 is 27.6 Å². The second-order valence-corrected chi connectivity index (χ2v) is 7.43. The summed E-state index contributed by atoms with van der Waals surface area (Å²) in [6, 6.07) is 9.51. The third kappa shape index (κ3) is 5.57. The molecule has 0 bridgehead atoms. The van der Waals surface area contributed by atoms with Crippen LogP contribution < -0.4 is 10.1 Å². The Labute approximate surface area is 164 Å². The Hall–Kier alpha value is -3.34. The number of esters is 1. The second-order valence-electron chi connectivity index (χ2n) is 5.51. The topological polar surface area (TPSA) is 116 Å². The van der Waals surface area contributed by atoms with Crippen molar-refractivity contribution in [2.45, 2.75) is 10.7 Å². The fourth-order valence-electron chi connectivity index (χ4n) is 2.08. The van der Waals surface area contributed by atoms with Gasteiger partial charge in [0.1, 0.15) is 5.75 Å². The average molecular weight is 427 g/mol. The smallest absolute Gasteiger partial charge is 0.341 e. The number of methoxy groups -OCH3 is 1. The van der Waals surface area contributed by atoms with Crippen LogP contribution in [0, 0.1) is 0 Å². The van der Waals surface area contributed by atoms with Crippen molar-refractivity contribution in [3.8, 4) is 5.75 Å². The first-order valence-electron chi connectivity index (χ1n) is 7.92. The van der Waals surface area contributed by atoms with Crippen molar-refractivity contribution in [3.05, 3.63) is 59.7 Å². The molecule has 0 heterocycles. The molecule has 2 aromatic rings. The third-order valence-corrected chi connectivity index (χ3v) is 4.99. The van der Waals surface area contributed by atoms with Crippen LogP contribution in [0.2, 0.25) is 0 Å². The number of carbonyl (C=O) groups excluding carboxylic acids is 3. The normalized spacial score (nSPS) is 11.0. The molecule has 0 aromatic heterocycles. The fourth-order valence-corrected chi connectivity index (χ4v) is 2.80. The van der Waals surface area contributed by atoms with E-state index in [1.165, 1.54) is 31.4 Å². The van der Waals surface area contributed by atoms with Crippen molar-refractivity contribution in [2.75, 3.05) is 13.7 Å². The highest BCUT2D eigenvalue weighted by atomic mass is 32.2. The largest absolute Gasteiger partial charge is 0.497 e. The molecule has 0 saturated carbocycles. The lowest BCUT2D eigenvalue weighted by molar-refractivity contribution is -0.123. The highest BCUT2D eigenvalue weighted by molar-refractivity contribution is 7.91. The molecule has 0 fully saturated rings. The predicted octanol–water partition coefficient (Wildman–Crippen LogP) is 1.80. The highest BCUT2D eigenvalue weighted by Crippen LogP contribution is 2.19. The van der Waals surface area contributed by atoms with Gasteiger partial charge >= 0.3 is 11.7 Å². The summed E-state index contributed by atoms with van der Waals surface area (Å²) in [6.07, 6.45) is 0. The van der Waals surface area contributed by atoms with E-state index >= 15 is 0 Å². The lowest BCUT2D eigenvalue weighted by atomic mass is 10.2. The molecule has 154 valence electrons. The van der Waals surface area contributed by atoms with Gasteiger partial charge in [-0.2, -0.15) is 8.78 Å². The number of hydrogen-bond acceptors (Lipinski definition) is 7. The number of rotatable bonds is 7. The Kier molecular flexibility index (Phi) is 6.99. The minimum Gasteiger partial charge on any atom is -0.497 e. The lowest BCUT2D eigenvalue weighted by Gasteiger charge is -2.07. The van der Waals surface area contributed by atoms with Crippen LogP contribution >= 0.6 is 0 Å². The molecular weight excluding hydrogens is 412 g/mol. The first kappa shape index (κ1) is 22.0. The Balaban J connectivity index is 1.91. The van der Waals surface area contributed by atoms with Crippen LogP contribution in [0.25, 0.3) is 0 Å². The van der Waals surface area contributed by atoms with E-state index < -0.39 is 44.9 Å². The number of carbonyl (C=O) groups is 3. The van der Waals surface area contributed by atoms with Gasteiger partial charge in [0.05, 0.1) is 17.6 Å². The second kappa shape index (κ2) is 9.24. The van der Waals surface area contributed by atoms with Crippen LogP contribution in [0.4, 0.5) is 8.78 Å². The molecule has 11 heteroatoms. The molecule has 0 atom stereocenters. The van der Waals surface area contributed by atoms with Gasteiger partial charge in [0.2, 0.25) is 9.84 Å². The summed E-state index contributed by atoms with van der Waals surface area (Å²) in [7, 11) is -3.33. The van der Waals surface area contributed by atoms with Gasteiger partial charge in [-0.3, -0.25) is 14.9 Å². The molecule has 0 saturated heterocycles. The van der Waals surface area contributed by atoms with E-state index in [0.29, 0.717) is 5.75 Å². The number of sulfone groups is 1. The summed E-state index contributed by atoms with van der Waals surface area (Å²) in [5.41, 5.74) is 0.0220. The van der Waals surface area contributed by atoms with E-state index in [-0.39, 0.29) is 11.1 Å². The minimum atomic E-state index is -4.78. The van der Waals surface area contributed by atoms with Gasteiger partial charge in [0.25, 0.3) is 11.8 Å². The van der Waals surface area contributed by atoms with Gasteiger partial charge in [-0.25, -0.2) is 13.2 Å². The third-order valence-electron chi connectivity index (χ3n) is 3.59. The van der Waals surface area contributed by atoms with Crippen LogP contribution in [-0.4, -0.2) is 45.7 Å². The molecule has 0 radical (unpaired) electrons. The van der Waals surface area contributed by atoms with Crippen LogP contribution in [0.5, 0.6) is 5.75 Å². The van der Waals surface area contributed by atoms with Crippen molar-refractivity contribution in [1.82, 2.24) is 5.32 Å². The van der Waals surface area contributed by atoms with Gasteiger partial charge in [-0.1, -0.05) is 0 Å². The van der Waals surface area contributed by atoms with E-state index in [1.54, 1.807) is 0 Å². The zero-order valence-electron chi connectivity index (χ0n) is 14.9. The molecule has 2 amide bonds. The van der Waals surface area contributed by atoms with E-state index in [4.69, 9.17) is 9.47 Å². The quantitative estimate of drug-likeness (QED) is 0.670. The number of hydrogen-bond donors (Lipinski definition) is 1. The first-order valence-corrected chi connectivity index (χ1v) is 9.47. The standard InChI is InChI=1S/C18H15F2NO7S/c1-27-13-6-2-11(3-7-13)16(23)21-15(22)10-28-17(24)12-4-8-14(9-5-12)29(25,26)18(19)20/h2-9,18H,10H2,1H3,(H,21,22,23). The lowest BCUT2D eigenvalue weighted by Crippen LogP contribution is -2.34. The van der Waals surface area contributed by atoms with Gasteiger partial charge < -0.3 is 9.47 Å². The molecule has 2 aromatic carbocycles. The summed E-state index contributed by atoms with van der Waals surface area (Å²) >= 11 is 0. The Bertz CT molecular complexity index is 1000. The Morgan fingerprint density at radius 2 is 1.52 bits per heavy atom. The maximum Gasteiger partial charge on any atom is 0.341 e. The van der Waals surface area contributed by atoms with Crippen molar-refractivity contribution in [2.24, 2.45) is 0 Å². The van der Waals surface area contributed by atoms with E-state index in [1.807, 2.05) is 5.32 Å². The number of alkyl halides is 2. The molecule has 0 aliphatic carbocycles. The van der Waals surface area contributed by atoms with Crippen LogP contribution in [0.1, 0.15) is 20.7 Å². The zero-order chi connectivity index (χ0) is 21.6. The van der Waals surface area contributed by atoms with E-state index in [2.05, 4.69) is 0 Å². The minimum absolute atomic E-state index is 0.160. The molecule has 0 spiro atoms. The number of amides is 2. The van der Waals surface area contributed by atoms with Crippen LogP contribution in [0.15, 0.2) is 53.4 Å². The molecule has 0 aliphatic heterocycles. The molecule has 1 N–H and O–H groups in total. The summed E-state index contributed by atoms with van der Waals surface area (Å²) in [5, 5.41) is 2.02. The van der Waals surface area contributed by atoms with Crippen molar-refractivity contribution < 1.29 is 41.1 Å². The van der Waals surface area contributed by atoms with Crippen LogP contribution in [-0.2, 0) is 19.4 Å². The molecule has 2 rings (SSSR count). The Morgan fingerprint density at radius 1 is 0.966 bits per heavy atom. The van der Waals surface area contributed by atoms with E-state index in [9.17, 15) is 31.6 Å². The van der Waals surface area contributed by atoms with Crippen molar-refractivity contribution in [3.63, 3.8) is 0 Å². The number of ether oxygens (including phenoxy) is 2. The van der Waals surface area contributed by atoms with Gasteiger partial charge in [-0.05, 0) is 48.5 Å². The molecular formula is C18H15F2NO7S. The number of imide groups is 1. The first-order chi connectivity index (χ1) is 13.6. The predicted molar refractivity (Wildman–Crippen MR) is 95.4 cm³/mol. The SMILES string of the molecule is COc1ccc(C(=O)NC(=O)COC(=O)c2ccc(S(=O)(=O)C(F)F)cc2)cc1. The number of benzene rings is 2. The summed E-state index contributed by atoms with van der Waals surface area (Å²) in [6.45, 7) is -0.780. The highest BCUT2D eigenvalue weighted by Gasteiger charge is 2.26. The molecule has 0 aliphatic rings. The maximum atomic E-state index is 12.5. The van der Waals surface area contributed by atoms with Crippen LogP contribution in [0.3, 0.4) is 0 Å². The number of halogens is 2. The molecule has 0 unspecified atom stereocenters. The fraction of sp³-hybridized carbons (Fsp3) is 0.167. The summed E-state index contributed by atoms with van der Waals surface area (Å²) in [4.78, 5) is 34.9. The van der Waals surface area contributed by atoms with Crippen molar-refractivity contribution in [1.29, 1.82) is 0 Å². The monoisotopic (exact) mass is 427 g/mol. The molecule has 29 heavy (non-hydrogen) atoms. The van der Waals surface area contributed by atoms with E-state index in [0.717, 1.165) is 24.3 Å². The molecule has 8 nitrogen and oxygen atoms in total. The van der Waals surface area contributed by atoms with Gasteiger partial charge in [-0.15, -0.1) is 0 Å². The summed E-state index contributed by atoms with van der Waals surface area (Å²) in [5.74, 6) is -5.68. The summed E-state index contributed by atoms with van der Waals surface area (Å²) < 4.78 is 57.3. The van der Waals surface area contributed by atoms with Gasteiger partial charge in [0.15, 0.2) is 6.61 Å². The zero-order valence-corrected chi connectivity index (χ0v) is 15.7. The maximum absolute atomic E-state index is 12.5.